The van der Waals surface area contributed by atoms with Crippen molar-refractivity contribution in [2.24, 2.45) is 17.8 Å². The molecule has 36 heavy (non-hydrogen) atoms. The number of nitrogens with zero attached hydrogens (tertiary/aromatic N) is 2. The van der Waals surface area contributed by atoms with Crippen LogP contribution in [-0.2, 0) is 4.79 Å². The average molecular weight is 499 g/mol. The van der Waals surface area contributed by atoms with Crippen molar-refractivity contribution >= 4 is 17.3 Å². The number of piperidine rings is 1. The summed E-state index contributed by atoms with van der Waals surface area (Å²) < 4.78 is 26.8. The Kier molecular flexibility index (Phi) is 8.27. The van der Waals surface area contributed by atoms with Crippen molar-refractivity contribution in [3.63, 3.8) is 0 Å². The van der Waals surface area contributed by atoms with Gasteiger partial charge in [-0.05, 0) is 61.6 Å². The van der Waals surface area contributed by atoms with E-state index in [0.717, 1.165) is 37.4 Å². The molecule has 2 aliphatic rings. The molecular weight excluding hydrogens is 459 g/mol. The fourth-order valence-corrected chi connectivity index (χ4v) is 5.71. The van der Waals surface area contributed by atoms with Crippen LogP contribution in [0, 0.1) is 23.6 Å². The highest BCUT2D eigenvalue weighted by Crippen LogP contribution is 2.35. The van der Waals surface area contributed by atoms with E-state index >= 15 is 0 Å². The minimum atomic E-state index is -0.755. The van der Waals surface area contributed by atoms with E-state index in [0.29, 0.717) is 36.4 Å². The molecule has 2 aromatic carbocycles. The molecule has 1 N–H and O–H groups in total. The average Bonchev–Trinajstić information content (AvgIpc) is 3.20. The van der Waals surface area contributed by atoms with Crippen LogP contribution in [0.4, 0.5) is 15.8 Å². The molecule has 0 radical (unpaired) electrons. The SMILES string of the molecule is CCOc1ccc(F)c(N2CCC(Oc3ccc(N4C[C@H](C)C[C@@H]4CC(=O)O)cc3)C(C(C)C)C2)c1. The van der Waals surface area contributed by atoms with E-state index in [-0.39, 0.29) is 30.3 Å². The Bertz CT molecular complexity index is 1030. The second kappa shape index (κ2) is 11.4. The van der Waals surface area contributed by atoms with Gasteiger partial charge in [-0.3, -0.25) is 4.79 Å². The zero-order valence-electron chi connectivity index (χ0n) is 21.8. The number of aliphatic carboxylic acids is 1. The molecular formula is C29H39FN2O4. The normalized spacial score (nSPS) is 24.3. The van der Waals surface area contributed by atoms with Gasteiger partial charge in [0.25, 0.3) is 0 Å². The van der Waals surface area contributed by atoms with E-state index in [1.165, 1.54) is 6.07 Å². The van der Waals surface area contributed by atoms with Crippen LogP contribution in [0.5, 0.6) is 11.5 Å². The number of hydrogen-bond acceptors (Lipinski definition) is 5. The molecule has 2 heterocycles. The molecule has 0 bridgehead atoms. The van der Waals surface area contributed by atoms with Gasteiger partial charge in [-0.1, -0.05) is 20.8 Å². The first-order chi connectivity index (χ1) is 17.2. The molecule has 2 unspecified atom stereocenters. The summed E-state index contributed by atoms with van der Waals surface area (Å²) in [7, 11) is 0. The number of carboxylic acids is 1. The van der Waals surface area contributed by atoms with E-state index in [4.69, 9.17) is 9.47 Å². The van der Waals surface area contributed by atoms with Crippen molar-refractivity contribution < 1.29 is 23.8 Å². The maximum Gasteiger partial charge on any atom is 0.305 e. The topological polar surface area (TPSA) is 62.2 Å². The third-order valence-corrected chi connectivity index (χ3v) is 7.51. The van der Waals surface area contributed by atoms with E-state index in [1.54, 1.807) is 12.1 Å². The Morgan fingerprint density at radius 2 is 1.86 bits per heavy atom. The van der Waals surface area contributed by atoms with Crippen LogP contribution in [0.1, 0.15) is 47.0 Å². The Hall–Kier alpha value is -2.96. The number of rotatable bonds is 9. The van der Waals surface area contributed by atoms with Crippen LogP contribution in [0.15, 0.2) is 42.5 Å². The summed E-state index contributed by atoms with van der Waals surface area (Å²) in [5.74, 6) is 1.61. The fourth-order valence-electron chi connectivity index (χ4n) is 5.71. The number of ether oxygens (including phenoxy) is 2. The van der Waals surface area contributed by atoms with Gasteiger partial charge in [0.15, 0.2) is 0 Å². The van der Waals surface area contributed by atoms with Gasteiger partial charge < -0.3 is 24.4 Å². The molecule has 2 saturated heterocycles. The highest BCUT2D eigenvalue weighted by Gasteiger charge is 2.35. The predicted octanol–water partition coefficient (Wildman–Crippen LogP) is 5.84. The molecule has 0 saturated carbocycles. The van der Waals surface area contributed by atoms with E-state index in [2.05, 4.69) is 30.6 Å². The minimum absolute atomic E-state index is 0.0283. The van der Waals surface area contributed by atoms with Crippen molar-refractivity contribution in [1.29, 1.82) is 0 Å². The fraction of sp³-hybridized carbons (Fsp3) is 0.552. The Morgan fingerprint density at radius 1 is 1.14 bits per heavy atom. The lowest BCUT2D eigenvalue weighted by Crippen LogP contribution is -2.48. The zero-order chi connectivity index (χ0) is 25.8. The molecule has 0 amide bonds. The van der Waals surface area contributed by atoms with Crippen LogP contribution in [0.25, 0.3) is 0 Å². The van der Waals surface area contributed by atoms with Crippen molar-refractivity contribution in [2.75, 3.05) is 36.0 Å². The van der Waals surface area contributed by atoms with Gasteiger partial charge in [-0.25, -0.2) is 4.39 Å². The van der Waals surface area contributed by atoms with Gasteiger partial charge in [0.1, 0.15) is 23.4 Å². The smallest absolute Gasteiger partial charge is 0.305 e. The van der Waals surface area contributed by atoms with Crippen LogP contribution in [-0.4, -0.2) is 49.5 Å². The molecule has 2 aliphatic heterocycles. The highest BCUT2D eigenvalue weighted by atomic mass is 19.1. The predicted molar refractivity (Wildman–Crippen MR) is 141 cm³/mol. The molecule has 4 rings (SSSR count). The first-order valence-electron chi connectivity index (χ1n) is 13.2. The molecule has 0 spiro atoms. The summed E-state index contributed by atoms with van der Waals surface area (Å²) in [5, 5.41) is 9.29. The zero-order valence-corrected chi connectivity index (χ0v) is 21.8. The molecule has 7 heteroatoms. The lowest BCUT2D eigenvalue weighted by atomic mass is 9.85. The van der Waals surface area contributed by atoms with Crippen LogP contribution in [0.3, 0.4) is 0 Å². The molecule has 2 fully saturated rings. The molecule has 2 aromatic rings. The monoisotopic (exact) mass is 498 g/mol. The van der Waals surface area contributed by atoms with Crippen molar-refractivity contribution in [3.05, 3.63) is 48.3 Å². The van der Waals surface area contributed by atoms with Crippen molar-refractivity contribution in [2.45, 2.75) is 59.1 Å². The summed E-state index contributed by atoms with van der Waals surface area (Å²) in [6.07, 6.45) is 1.89. The number of anilines is 2. The second-order valence-corrected chi connectivity index (χ2v) is 10.6. The number of carboxylic acid groups (broad SMARTS) is 1. The van der Waals surface area contributed by atoms with E-state index < -0.39 is 5.97 Å². The lowest BCUT2D eigenvalue weighted by Gasteiger charge is -2.41. The number of carbonyl (C=O) groups is 1. The molecule has 4 atom stereocenters. The molecule has 0 aliphatic carbocycles. The molecule has 196 valence electrons. The lowest BCUT2D eigenvalue weighted by molar-refractivity contribution is -0.137. The van der Waals surface area contributed by atoms with Gasteiger partial charge >= 0.3 is 5.97 Å². The summed E-state index contributed by atoms with van der Waals surface area (Å²) in [5.41, 5.74) is 1.63. The van der Waals surface area contributed by atoms with Gasteiger partial charge in [0.2, 0.25) is 0 Å². The Morgan fingerprint density at radius 3 is 2.53 bits per heavy atom. The quantitative estimate of drug-likeness (QED) is 0.468. The molecule has 0 aromatic heterocycles. The number of benzene rings is 2. The summed E-state index contributed by atoms with van der Waals surface area (Å²) in [6, 6.07) is 13.0. The minimum Gasteiger partial charge on any atom is -0.494 e. The van der Waals surface area contributed by atoms with Crippen molar-refractivity contribution in [3.8, 4) is 11.5 Å². The Balaban J connectivity index is 1.44. The largest absolute Gasteiger partial charge is 0.494 e. The summed E-state index contributed by atoms with van der Waals surface area (Å²) in [4.78, 5) is 15.6. The maximum absolute atomic E-state index is 14.7. The van der Waals surface area contributed by atoms with Crippen LogP contribution in [0.2, 0.25) is 0 Å². The Labute approximate surface area is 214 Å². The van der Waals surface area contributed by atoms with Gasteiger partial charge in [0.05, 0.1) is 18.7 Å². The maximum atomic E-state index is 14.7. The number of halogens is 1. The van der Waals surface area contributed by atoms with E-state index in [9.17, 15) is 14.3 Å². The van der Waals surface area contributed by atoms with E-state index in [1.807, 2.05) is 31.2 Å². The highest BCUT2D eigenvalue weighted by molar-refractivity contribution is 5.69. The van der Waals surface area contributed by atoms with Gasteiger partial charge in [-0.15, -0.1) is 0 Å². The standard InChI is InChI=1S/C29H39FN2O4/c1-5-35-24-10-11-26(30)27(16-24)31-13-12-28(25(18-31)19(2)3)36-23-8-6-21(7-9-23)32-17-20(4)14-22(32)15-29(33)34/h6-11,16,19-20,22,25,28H,5,12-15,17-18H2,1-4H3,(H,33,34)/t20-,22-,25?,28?/m1/s1. The van der Waals surface area contributed by atoms with Gasteiger partial charge in [0, 0.05) is 49.8 Å². The third-order valence-electron chi connectivity index (χ3n) is 7.51. The first kappa shape index (κ1) is 26.1. The second-order valence-electron chi connectivity index (χ2n) is 10.6. The number of hydrogen-bond donors (Lipinski definition) is 1. The summed E-state index contributed by atoms with van der Waals surface area (Å²) in [6.45, 7) is 11.3. The van der Waals surface area contributed by atoms with Crippen LogP contribution >= 0.6 is 0 Å². The van der Waals surface area contributed by atoms with Gasteiger partial charge in [-0.2, -0.15) is 0 Å². The summed E-state index contributed by atoms with van der Waals surface area (Å²) >= 11 is 0. The first-order valence-corrected chi connectivity index (χ1v) is 13.2. The van der Waals surface area contributed by atoms with Crippen molar-refractivity contribution in [1.82, 2.24) is 0 Å². The van der Waals surface area contributed by atoms with Crippen LogP contribution < -0.4 is 19.3 Å². The molecule has 6 nitrogen and oxygen atoms in total. The third kappa shape index (κ3) is 6.05.